The normalized spacial score (nSPS) is 26.1. The Bertz CT molecular complexity index is 531. The molecule has 2 unspecified atom stereocenters. The lowest BCUT2D eigenvalue weighted by Crippen LogP contribution is -2.52. The van der Waals surface area contributed by atoms with Crippen molar-refractivity contribution < 1.29 is 9.18 Å². The van der Waals surface area contributed by atoms with Crippen LogP contribution in [0.15, 0.2) is 18.2 Å². The van der Waals surface area contributed by atoms with Crippen LogP contribution in [0.5, 0.6) is 0 Å². The average Bonchev–Trinajstić information content (AvgIpc) is 3.01. The number of nitrogens with zero attached hydrogens (tertiary/aromatic N) is 1. The maximum atomic E-state index is 13.2. The summed E-state index contributed by atoms with van der Waals surface area (Å²) in [5.41, 5.74) is 0.406. The summed E-state index contributed by atoms with van der Waals surface area (Å²) < 4.78 is 13.2. The summed E-state index contributed by atoms with van der Waals surface area (Å²) in [4.78, 5) is 14.7. The molecule has 2 saturated heterocycles. The fourth-order valence-electron chi connectivity index (χ4n) is 3.49. The van der Waals surface area contributed by atoms with E-state index in [9.17, 15) is 9.18 Å². The molecule has 1 N–H and O–H groups in total. The van der Waals surface area contributed by atoms with Crippen molar-refractivity contribution in [2.45, 2.75) is 44.2 Å². The van der Waals surface area contributed by atoms with Gasteiger partial charge in [-0.1, -0.05) is 11.6 Å². The number of piperidine rings is 1. The van der Waals surface area contributed by atoms with Gasteiger partial charge in [0.15, 0.2) is 0 Å². The summed E-state index contributed by atoms with van der Waals surface area (Å²) in [6.45, 7) is 1.79. The van der Waals surface area contributed by atoms with E-state index in [2.05, 4.69) is 5.32 Å². The Kier molecular flexibility index (Phi) is 4.45. The van der Waals surface area contributed by atoms with Crippen LogP contribution in [0.25, 0.3) is 0 Å². The Labute approximate surface area is 129 Å². The van der Waals surface area contributed by atoms with Gasteiger partial charge in [-0.15, -0.1) is 0 Å². The highest BCUT2D eigenvalue weighted by molar-refractivity contribution is 6.33. The molecule has 2 aliphatic heterocycles. The predicted octanol–water partition coefficient (Wildman–Crippen LogP) is 3.23. The van der Waals surface area contributed by atoms with Crippen LogP contribution in [0.4, 0.5) is 4.39 Å². The van der Waals surface area contributed by atoms with Gasteiger partial charge in [-0.2, -0.15) is 0 Å². The van der Waals surface area contributed by atoms with Crippen LogP contribution in [-0.4, -0.2) is 36.0 Å². The van der Waals surface area contributed by atoms with Gasteiger partial charge in [-0.05, 0) is 56.8 Å². The molecule has 1 amide bonds. The second kappa shape index (κ2) is 6.32. The third kappa shape index (κ3) is 3.06. The largest absolute Gasteiger partial charge is 0.334 e. The molecule has 2 aliphatic rings. The second-order valence-electron chi connectivity index (χ2n) is 5.89. The zero-order chi connectivity index (χ0) is 14.8. The van der Waals surface area contributed by atoms with Crippen LogP contribution in [0.2, 0.25) is 5.02 Å². The quantitative estimate of drug-likeness (QED) is 0.909. The van der Waals surface area contributed by atoms with Crippen molar-refractivity contribution in [3.63, 3.8) is 0 Å². The van der Waals surface area contributed by atoms with E-state index < -0.39 is 5.82 Å². The van der Waals surface area contributed by atoms with Gasteiger partial charge in [0.25, 0.3) is 5.91 Å². The third-order valence-corrected chi connectivity index (χ3v) is 4.85. The minimum atomic E-state index is -0.413. The van der Waals surface area contributed by atoms with E-state index in [-0.39, 0.29) is 17.0 Å². The zero-order valence-corrected chi connectivity index (χ0v) is 12.7. The smallest absolute Gasteiger partial charge is 0.255 e. The highest BCUT2D eigenvalue weighted by Crippen LogP contribution is 2.28. The first kappa shape index (κ1) is 14.8. The fourth-order valence-corrected chi connectivity index (χ4v) is 3.73. The van der Waals surface area contributed by atoms with Crippen LogP contribution in [0.3, 0.4) is 0 Å². The highest BCUT2D eigenvalue weighted by Gasteiger charge is 2.35. The van der Waals surface area contributed by atoms with E-state index >= 15 is 0 Å². The zero-order valence-electron chi connectivity index (χ0n) is 11.9. The number of amides is 1. The van der Waals surface area contributed by atoms with Crippen molar-refractivity contribution in [2.75, 3.05) is 13.1 Å². The summed E-state index contributed by atoms with van der Waals surface area (Å²) in [7, 11) is 0. The number of benzene rings is 1. The second-order valence-corrected chi connectivity index (χ2v) is 6.30. The van der Waals surface area contributed by atoms with E-state index in [1.807, 2.05) is 4.90 Å². The van der Waals surface area contributed by atoms with Gasteiger partial charge < -0.3 is 10.2 Å². The van der Waals surface area contributed by atoms with Gasteiger partial charge in [0.2, 0.25) is 0 Å². The molecule has 0 aliphatic carbocycles. The Hall–Kier alpha value is -1.13. The maximum Gasteiger partial charge on any atom is 0.255 e. The molecule has 1 aromatic carbocycles. The van der Waals surface area contributed by atoms with E-state index in [4.69, 9.17) is 11.6 Å². The maximum absolute atomic E-state index is 13.2. The molecule has 2 fully saturated rings. The Morgan fingerprint density at radius 3 is 2.86 bits per heavy atom. The molecular formula is C16H20ClFN2O. The van der Waals surface area contributed by atoms with Gasteiger partial charge in [-0.3, -0.25) is 4.79 Å². The van der Waals surface area contributed by atoms with Crippen LogP contribution in [-0.2, 0) is 0 Å². The van der Waals surface area contributed by atoms with Crippen molar-refractivity contribution in [3.8, 4) is 0 Å². The molecule has 1 aromatic rings. The van der Waals surface area contributed by atoms with Crippen molar-refractivity contribution in [2.24, 2.45) is 0 Å². The van der Waals surface area contributed by atoms with Crippen LogP contribution in [0, 0.1) is 5.82 Å². The van der Waals surface area contributed by atoms with Crippen molar-refractivity contribution in [1.82, 2.24) is 10.2 Å². The minimum Gasteiger partial charge on any atom is -0.334 e. The van der Waals surface area contributed by atoms with Crippen LogP contribution in [0.1, 0.15) is 42.5 Å². The molecule has 5 heteroatoms. The van der Waals surface area contributed by atoms with Crippen molar-refractivity contribution >= 4 is 17.5 Å². The topological polar surface area (TPSA) is 32.3 Å². The summed E-state index contributed by atoms with van der Waals surface area (Å²) >= 11 is 6.05. The van der Waals surface area contributed by atoms with Gasteiger partial charge >= 0.3 is 0 Å². The molecule has 21 heavy (non-hydrogen) atoms. The highest BCUT2D eigenvalue weighted by atomic mass is 35.5. The molecule has 0 radical (unpaired) electrons. The lowest BCUT2D eigenvalue weighted by atomic mass is 9.93. The SMILES string of the molecule is O=C(c1ccc(F)cc1Cl)N1CCCCC1C1CCCN1. The molecule has 0 aromatic heterocycles. The Morgan fingerprint density at radius 2 is 2.14 bits per heavy atom. The molecule has 114 valence electrons. The minimum absolute atomic E-state index is 0.0709. The average molecular weight is 311 g/mol. The van der Waals surface area contributed by atoms with E-state index in [1.165, 1.54) is 24.6 Å². The first-order valence-corrected chi connectivity index (χ1v) is 8.04. The molecule has 0 bridgehead atoms. The summed E-state index contributed by atoms with van der Waals surface area (Å²) in [5, 5.41) is 3.70. The number of carbonyl (C=O) groups is 1. The molecule has 3 nitrogen and oxygen atoms in total. The Balaban J connectivity index is 1.83. The van der Waals surface area contributed by atoms with Crippen LogP contribution < -0.4 is 5.32 Å². The first-order valence-electron chi connectivity index (χ1n) is 7.66. The van der Waals surface area contributed by atoms with Gasteiger partial charge in [0.1, 0.15) is 5.82 Å². The molecule has 2 heterocycles. The number of hydrogen-bond donors (Lipinski definition) is 1. The number of nitrogens with one attached hydrogen (secondary N) is 1. The number of rotatable bonds is 2. The number of hydrogen-bond acceptors (Lipinski definition) is 2. The van der Waals surface area contributed by atoms with Gasteiger partial charge in [0, 0.05) is 18.6 Å². The molecule has 2 atom stereocenters. The molecule has 3 rings (SSSR count). The monoisotopic (exact) mass is 310 g/mol. The standard InChI is InChI=1S/C16H20ClFN2O/c17-13-10-11(18)6-7-12(13)16(21)20-9-2-1-5-15(20)14-4-3-8-19-14/h6-7,10,14-15,19H,1-5,8-9H2. The van der Waals surface area contributed by atoms with Crippen LogP contribution >= 0.6 is 11.6 Å². The first-order chi connectivity index (χ1) is 10.2. The predicted molar refractivity (Wildman–Crippen MR) is 81.1 cm³/mol. The van der Waals surface area contributed by atoms with E-state index in [0.717, 1.165) is 38.8 Å². The van der Waals surface area contributed by atoms with Gasteiger partial charge in [-0.25, -0.2) is 4.39 Å². The molecule has 0 saturated carbocycles. The van der Waals surface area contributed by atoms with E-state index in [0.29, 0.717) is 11.6 Å². The summed E-state index contributed by atoms with van der Waals surface area (Å²) in [6.07, 6.45) is 5.49. The third-order valence-electron chi connectivity index (χ3n) is 4.53. The number of likely N-dealkylation sites (tertiary alicyclic amines) is 1. The number of halogens is 2. The van der Waals surface area contributed by atoms with E-state index in [1.54, 1.807) is 0 Å². The molecular weight excluding hydrogens is 291 g/mol. The Morgan fingerprint density at radius 1 is 1.29 bits per heavy atom. The summed E-state index contributed by atoms with van der Waals surface area (Å²) in [6, 6.07) is 4.62. The van der Waals surface area contributed by atoms with Crippen molar-refractivity contribution in [3.05, 3.63) is 34.6 Å². The lowest BCUT2D eigenvalue weighted by Gasteiger charge is -2.39. The number of carbonyl (C=O) groups excluding carboxylic acids is 1. The lowest BCUT2D eigenvalue weighted by molar-refractivity contribution is 0.0563. The molecule has 0 spiro atoms. The van der Waals surface area contributed by atoms with Crippen molar-refractivity contribution in [1.29, 1.82) is 0 Å². The van der Waals surface area contributed by atoms with Gasteiger partial charge in [0.05, 0.1) is 10.6 Å². The summed E-state index contributed by atoms with van der Waals surface area (Å²) in [5.74, 6) is -0.484. The fraction of sp³-hybridized carbons (Fsp3) is 0.562.